The van der Waals surface area contributed by atoms with Crippen molar-refractivity contribution in [1.29, 1.82) is 0 Å². The molecule has 2 nitrogen and oxygen atoms in total. The molecular weight excluding hydrogens is 396 g/mol. The molecule has 0 spiro atoms. The number of ether oxygens (including phenoxy) is 1. The summed E-state index contributed by atoms with van der Waals surface area (Å²) in [5.74, 6) is 4.60. The standard InChI is InChI=1S/C28H37O2Si/c1-28(2,3)24-8-9-25-20(15-24)6-7-21(27(25)30-31(4)5)16-29-17-26-22-11-18-10-19(13-22)14-23(26)12-18/h6-9,15,17-19,22-23H,10-14,16H2,1-5H3. The van der Waals surface area contributed by atoms with E-state index in [0.29, 0.717) is 6.61 Å². The molecule has 0 unspecified atom stereocenters. The van der Waals surface area contributed by atoms with Crippen LogP contribution in [0.25, 0.3) is 10.8 Å². The molecule has 31 heavy (non-hydrogen) atoms. The van der Waals surface area contributed by atoms with Crippen LogP contribution in [0.2, 0.25) is 13.1 Å². The molecule has 0 heterocycles. The molecule has 0 atom stereocenters. The number of hydrogen-bond acceptors (Lipinski definition) is 2. The van der Waals surface area contributed by atoms with Gasteiger partial charge in [-0.3, -0.25) is 0 Å². The first-order chi connectivity index (χ1) is 14.8. The maximum atomic E-state index is 6.42. The molecule has 4 saturated carbocycles. The Kier molecular flexibility index (Phi) is 5.44. The summed E-state index contributed by atoms with van der Waals surface area (Å²) in [6.07, 6.45) is 9.25. The van der Waals surface area contributed by atoms with Crippen LogP contribution in [0.1, 0.15) is 64.0 Å². The smallest absolute Gasteiger partial charge is 0.274 e. The predicted molar refractivity (Wildman–Crippen MR) is 131 cm³/mol. The summed E-state index contributed by atoms with van der Waals surface area (Å²) in [5, 5.41) is 2.47. The third-order valence-corrected chi connectivity index (χ3v) is 8.38. The Bertz CT molecular complexity index is 968. The lowest BCUT2D eigenvalue weighted by Crippen LogP contribution is -2.40. The van der Waals surface area contributed by atoms with Gasteiger partial charge in [0.05, 0.1) is 6.26 Å². The molecule has 0 saturated heterocycles. The third kappa shape index (κ3) is 4.18. The van der Waals surface area contributed by atoms with Gasteiger partial charge >= 0.3 is 0 Å². The van der Waals surface area contributed by atoms with E-state index in [0.717, 1.165) is 29.4 Å². The van der Waals surface area contributed by atoms with Gasteiger partial charge in [0, 0.05) is 10.9 Å². The van der Waals surface area contributed by atoms with E-state index in [4.69, 9.17) is 9.16 Å². The fourth-order valence-electron chi connectivity index (χ4n) is 6.40. The fourth-order valence-corrected chi connectivity index (χ4v) is 7.05. The highest BCUT2D eigenvalue weighted by atomic mass is 28.3. The average Bonchev–Trinajstić information content (AvgIpc) is 2.69. The number of allylic oxidation sites excluding steroid dienone is 1. The van der Waals surface area contributed by atoms with Crippen LogP contribution in [-0.2, 0) is 16.8 Å². The van der Waals surface area contributed by atoms with E-state index in [1.165, 1.54) is 54.0 Å². The molecule has 4 aliphatic rings. The van der Waals surface area contributed by atoms with Crippen molar-refractivity contribution in [2.24, 2.45) is 23.7 Å². The van der Waals surface area contributed by atoms with Crippen LogP contribution in [-0.4, -0.2) is 9.04 Å². The molecule has 165 valence electrons. The second-order valence-electron chi connectivity index (χ2n) is 11.5. The Balaban J connectivity index is 1.40. The van der Waals surface area contributed by atoms with Crippen LogP contribution in [0.4, 0.5) is 0 Å². The van der Waals surface area contributed by atoms with E-state index < -0.39 is 9.04 Å². The molecule has 2 aromatic carbocycles. The molecule has 2 aromatic rings. The fraction of sp³-hybridized carbons (Fsp3) is 0.571. The quantitative estimate of drug-likeness (QED) is 0.356. The van der Waals surface area contributed by atoms with Crippen LogP contribution in [0.15, 0.2) is 42.2 Å². The monoisotopic (exact) mass is 433 g/mol. The summed E-state index contributed by atoms with van der Waals surface area (Å²) in [7, 11) is -0.866. The molecule has 0 aliphatic heterocycles. The van der Waals surface area contributed by atoms with Gasteiger partial charge in [-0.05, 0) is 90.8 Å². The Morgan fingerprint density at radius 2 is 1.61 bits per heavy atom. The van der Waals surface area contributed by atoms with Gasteiger partial charge in [0.25, 0.3) is 9.04 Å². The summed E-state index contributed by atoms with van der Waals surface area (Å²) < 4.78 is 12.7. The predicted octanol–water partition coefficient (Wildman–Crippen LogP) is 7.62. The maximum Gasteiger partial charge on any atom is 0.274 e. The van der Waals surface area contributed by atoms with Crippen molar-refractivity contribution >= 4 is 19.8 Å². The van der Waals surface area contributed by atoms with Crippen LogP contribution >= 0.6 is 0 Å². The highest BCUT2D eigenvalue weighted by Gasteiger charge is 2.45. The lowest BCUT2D eigenvalue weighted by Gasteiger charge is -2.51. The molecule has 6 rings (SSSR count). The van der Waals surface area contributed by atoms with Gasteiger partial charge in [-0.2, -0.15) is 0 Å². The average molecular weight is 434 g/mol. The first-order valence-corrected chi connectivity index (χ1v) is 14.5. The summed E-state index contributed by atoms with van der Waals surface area (Å²) in [4.78, 5) is 0. The van der Waals surface area contributed by atoms with Gasteiger partial charge in [-0.1, -0.05) is 51.1 Å². The molecule has 4 aliphatic carbocycles. The van der Waals surface area contributed by atoms with E-state index in [9.17, 15) is 0 Å². The van der Waals surface area contributed by atoms with Crippen molar-refractivity contribution in [2.45, 2.75) is 78.0 Å². The normalized spacial score (nSPS) is 27.2. The second-order valence-corrected chi connectivity index (χ2v) is 13.5. The van der Waals surface area contributed by atoms with E-state index in [1.54, 1.807) is 5.57 Å². The first-order valence-electron chi connectivity index (χ1n) is 12.1. The molecule has 0 aromatic heterocycles. The Hall–Kier alpha value is -1.74. The zero-order chi connectivity index (χ0) is 21.8. The highest BCUT2D eigenvalue weighted by molar-refractivity contribution is 6.49. The Labute approximate surface area is 189 Å². The minimum atomic E-state index is -0.866. The van der Waals surface area contributed by atoms with Crippen molar-refractivity contribution in [3.63, 3.8) is 0 Å². The number of hydrogen-bond donors (Lipinski definition) is 0. The van der Waals surface area contributed by atoms with E-state index in [-0.39, 0.29) is 5.41 Å². The van der Waals surface area contributed by atoms with Gasteiger partial charge in [0.1, 0.15) is 12.4 Å². The summed E-state index contributed by atoms with van der Waals surface area (Å²) in [6.45, 7) is 11.8. The van der Waals surface area contributed by atoms with E-state index in [1.807, 2.05) is 0 Å². The van der Waals surface area contributed by atoms with Gasteiger partial charge in [0.2, 0.25) is 0 Å². The number of benzene rings is 2. The highest BCUT2D eigenvalue weighted by Crippen LogP contribution is 2.56. The zero-order valence-electron chi connectivity index (χ0n) is 19.8. The van der Waals surface area contributed by atoms with Crippen molar-refractivity contribution in [3.05, 3.63) is 53.3 Å². The topological polar surface area (TPSA) is 18.5 Å². The summed E-state index contributed by atoms with van der Waals surface area (Å²) >= 11 is 0. The van der Waals surface area contributed by atoms with Crippen LogP contribution in [0.5, 0.6) is 5.75 Å². The Morgan fingerprint density at radius 1 is 0.935 bits per heavy atom. The molecular formula is C28H37O2Si. The van der Waals surface area contributed by atoms with Gasteiger partial charge in [-0.15, -0.1) is 0 Å². The first kappa shape index (κ1) is 21.1. The van der Waals surface area contributed by atoms with E-state index >= 15 is 0 Å². The second kappa shape index (κ2) is 7.99. The zero-order valence-corrected chi connectivity index (χ0v) is 20.8. The van der Waals surface area contributed by atoms with Crippen LogP contribution < -0.4 is 4.43 Å². The number of rotatable bonds is 5. The van der Waals surface area contributed by atoms with Crippen LogP contribution in [0, 0.1) is 23.7 Å². The molecule has 4 fully saturated rings. The molecule has 1 radical (unpaired) electrons. The van der Waals surface area contributed by atoms with Gasteiger partial charge < -0.3 is 9.16 Å². The van der Waals surface area contributed by atoms with Crippen molar-refractivity contribution < 1.29 is 9.16 Å². The molecule has 4 bridgehead atoms. The third-order valence-electron chi connectivity index (χ3n) is 7.76. The van der Waals surface area contributed by atoms with Crippen LogP contribution in [0.3, 0.4) is 0 Å². The SMILES string of the molecule is C[Si](C)Oc1c(COC=C2C3CC4CC(C3)CC2C4)ccc2cc(C(C)(C)C)ccc12. The minimum Gasteiger partial charge on any atom is -0.542 e. The molecule has 3 heteroatoms. The number of fused-ring (bicyclic) bond motifs is 1. The van der Waals surface area contributed by atoms with Gasteiger partial charge in [0.15, 0.2) is 0 Å². The minimum absolute atomic E-state index is 0.145. The maximum absolute atomic E-state index is 6.42. The van der Waals surface area contributed by atoms with Crippen molar-refractivity contribution in [3.8, 4) is 5.75 Å². The molecule has 0 N–H and O–H groups in total. The lowest BCUT2D eigenvalue weighted by molar-refractivity contribution is 0.0631. The lowest BCUT2D eigenvalue weighted by atomic mass is 9.54. The van der Waals surface area contributed by atoms with E-state index in [2.05, 4.69) is 70.5 Å². The van der Waals surface area contributed by atoms with Gasteiger partial charge in [-0.25, -0.2) is 0 Å². The Morgan fingerprint density at radius 3 is 2.23 bits per heavy atom. The molecule has 0 amide bonds. The van der Waals surface area contributed by atoms with Crippen molar-refractivity contribution in [2.75, 3.05) is 0 Å². The summed E-state index contributed by atoms with van der Waals surface area (Å²) in [5.41, 5.74) is 4.29. The largest absolute Gasteiger partial charge is 0.542 e. The van der Waals surface area contributed by atoms with Crippen molar-refractivity contribution in [1.82, 2.24) is 0 Å². The summed E-state index contributed by atoms with van der Waals surface area (Å²) in [6, 6.07) is 11.3.